The van der Waals surface area contributed by atoms with E-state index < -0.39 is 0 Å². The van der Waals surface area contributed by atoms with Crippen LogP contribution in [-0.2, 0) is 9.59 Å². The van der Waals surface area contributed by atoms with Crippen molar-refractivity contribution in [2.75, 3.05) is 45.8 Å². The second kappa shape index (κ2) is 8.34. The lowest BCUT2D eigenvalue weighted by molar-refractivity contribution is -0.135. The van der Waals surface area contributed by atoms with Crippen LogP contribution in [0.1, 0.15) is 32.6 Å². The van der Waals surface area contributed by atoms with Crippen molar-refractivity contribution in [2.45, 2.75) is 38.6 Å². The minimum Gasteiger partial charge on any atom is -0.355 e. The molecule has 21 heavy (non-hydrogen) atoms. The van der Waals surface area contributed by atoms with Gasteiger partial charge in [-0.05, 0) is 26.3 Å². The molecule has 1 unspecified atom stereocenters. The Morgan fingerprint density at radius 1 is 1.14 bits per heavy atom. The monoisotopic (exact) mass is 296 g/mol. The summed E-state index contributed by atoms with van der Waals surface area (Å²) in [4.78, 5) is 28.1. The Kier molecular flexibility index (Phi) is 6.45. The topological polar surface area (TPSA) is 64.7 Å². The third-order valence-electron chi connectivity index (χ3n) is 4.28. The van der Waals surface area contributed by atoms with Gasteiger partial charge in [0.2, 0.25) is 11.8 Å². The molecule has 2 aliphatic rings. The first-order valence-electron chi connectivity index (χ1n) is 8.22. The summed E-state index contributed by atoms with van der Waals surface area (Å²) in [6.45, 7) is 7.03. The van der Waals surface area contributed by atoms with Crippen molar-refractivity contribution in [1.29, 1.82) is 0 Å². The lowest BCUT2D eigenvalue weighted by Crippen LogP contribution is -2.55. The van der Waals surface area contributed by atoms with Crippen molar-refractivity contribution in [1.82, 2.24) is 20.4 Å². The number of nitrogens with one attached hydrogen (secondary N) is 2. The van der Waals surface area contributed by atoms with Crippen molar-refractivity contribution in [3.63, 3.8) is 0 Å². The van der Waals surface area contributed by atoms with E-state index in [2.05, 4.69) is 15.5 Å². The zero-order valence-electron chi connectivity index (χ0n) is 13.1. The molecule has 0 aromatic rings. The zero-order valence-corrected chi connectivity index (χ0v) is 13.1. The van der Waals surface area contributed by atoms with E-state index in [0.717, 1.165) is 45.6 Å². The van der Waals surface area contributed by atoms with E-state index in [4.69, 9.17) is 0 Å². The number of likely N-dealkylation sites (N-methyl/N-ethyl adjacent to an activating group) is 1. The summed E-state index contributed by atoms with van der Waals surface area (Å²) in [6, 6.07) is 0.00226. The van der Waals surface area contributed by atoms with E-state index in [-0.39, 0.29) is 17.9 Å². The molecule has 0 aromatic carbocycles. The van der Waals surface area contributed by atoms with Gasteiger partial charge in [0.1, 0.15) is 0 Å². The average Bonchev–Trinajstić information content (AvgIpc) is 2.76. The normalized spacial score (nSPS) is 24.4. The SMILES string of the molecule is CCNC(=O)CN1CCN(C(=O)C2CCCCCN2)CC1. The van der Waals surface area contributed by atoms with Gasteiger partial charge in [0.25, 0.3) is 0 Å². The Morgan fingerprint density at radius 2 is 1.90 bits per heavy atom. The summed E-state index contributed by atoms with van der Waals surface area (Å²) < 4.78 is 0. The summed E-state index contributed by atoms with van der Waals surface area (Å²) in [6.07, 6.45) is 4.49. The number of amides is 2. The molecule has 2 fully saturated rings. The number of carbonyl (C=O) groups is 2. The lowest BCUT2D eigenvalue weighted by atomic mass is 10.1. The number of carbonyl (C=O) groups excluding carboxylic acids is 2. The smallest absolute Gasteiger partial charge is 0.239 e. The highest BCUT2D eigenvalue weighted by Crippen LogP contribution is 2.12. The van der Waals surface area contributed by atoms with E-state index in [1.807, 2.05) is 11.8 Å². The van der Waals surface area contributed by atoms with Crippen molar-refractivity contribution in [2.24, 2.45) is 0 Å². The number of hydrogen-bond acceptors (Lipinski definition) is 4. The molecule has 120 valence electrons. The van der Waals surface area contributed by atoms with Crippen LogP contribution in [0.4, 0.5) is 0 Å². The highest BCUT2D eigenvalue weighted by atomic mass is 16.2. The lowest BCUT2D eigenvalue weighted by Gasteiger charge is -2.36. The average molecular weight is 296 g/mol. The van der Waals surface area contributed by atoms with Crippen LogP contribution in [0.5, 0.6) is 0 Å². The molecular weight excluding hydrogens is 268 g/mol. The maximum atomic E-state index is 12.5. The van der Waals surface area contributed by atoms with Crippen LogP contribution in [0, 0.1) is 0 Å². The molecule has 0 aromatic heterocycles. The molecule has 0 bridgehead atoms. The fraction of sp³-hybridized carbons (Fsp3) is 0.867. The third kappa shape index (κ3) is 4.97. The molecule has 0 saturated carbocycles. The largest absolute Gasteiger partial charge is 0.355 e. The Labute approximate surface area is 127 Å². The molecule has 6 nitrogen and oxygen atoms in total. The van der Waals surface area contributed by atoms with Crippen LogP contribution in [0.3, 0.4) is 0 Å². The molecule has 0 spiro atoms. The van der Waals surface area contributed by atoms with Gasteiger partial charge in [0.05, 0.1) is 12.6 Å². The standard InChI is InChI=1S/C15H28N4O2/c1-2-16-14(20)12-18-8-10-19(11-9-18)15(21)13-6-4-3-5-7-17-13/h13,17H,2-12H2,1H3,(H,16,20). The number of rotatable bonds is 4. The predicted octanol–water partition coefficient (Wildman–Crippen LogP) is -0.201. The molecule has 2 heterocycles. The quantitative estimate of drug-likeness (QED) is 0.754. The maximum Gasteiger partial charge on any atom is 0.239 e. The first-order chi connectivity index (χ1) is 10.2. The van der Waals surface area contributed by atoms with Gasteiger partial charge in [-0.15, -0.1) is 0 Å². The number of hydrogen-bond donors (Lipinski definition) is 2. The van der Waals surface area contributed by atoms with Crippen molar-refractivity contribution in [3.05, 3.63) is 0 Å². The Hall–Kier alpha value is -1.14. The predicted molar refractivity (Wildman–Crippen MR) is 82.0 cm³/mol. The van der Waals surface area contributed by atoms with Crippen LogP contribution >= 0.6 is 0 Å². The van der Waals surface area contributed by atoms with E-state index in [1.165, 1.54) is 12.8 Å². The summed E-state index contributed by atoms with van der Waals surface area (Å²) >= 11 is 0. The van der Waals surface area contributed by atoms with Crippen LogP contribution in [0.15, 0.2) is 0 Å². The highest BCUT2D eigenvalue weighted by molar-refractivity contribution is 5.82. The summed E-state index contributed by atoms with van der Waals surface area (Å²) in [7, 11) is 0. The van der Waals surface area contributed by atoms with E-state index in [0.29, 0.717) is 13.1 Å². The van der Waals surface area contributed by atoms with E-state index in [9.17, 15) is 9.59 Å². The van der Waals surface area contributed by atoms with Crippen molar-refractivity contribution >= 4 is 11.8 Å². The van der Waals surface area contributed by atoms with Gasteiger partial charge in [0, 0.05) is 32.7 Å². The molecule has 1 atom stereocenters. The second-order valence-corrected chi connectivity index (χ2v) is 5.91. The van der Waals surface area contributed by atoms with Gasteiger partial charge < -0.3 is 15.5 Å². The van der Waals surface area contributed by atoms with Gasteiger partial charge in [-0.25, -0.2) is 0 Å². The minimum atomic E-state index is 0.00226. The molecule has 2 aliphatic heterocycles. The van der Waals surface area contributed by atoms with Crippen LogP contribution in [-0.4, -0.2) is 73.5 Å². The van der Waals surface area contributed by atoms with E-state index >= 15 is 0 Å². The molecular formula is C15H28N4O2. The molecule has 0 radical (unpaired) electrons. The second-order valence-electron chi connectivity index (χ2n) is 5.91. The number of nitrogens with zero attached hydrogens (tertiary/aromatic N) is 2. The molecule has 2 N–H and O–H groups in total. The van der Waals surface area contributed by atoms with Crippen LogP contribution < -0.4 is 10.6 Å². The Bertz CT molecular complexity index is 346. The van der Waals surface area contributed by atoms with Crippen LogP contribution in [0.2, 0.25) is 0 Å². The fourth-order valence-electron chi connectivity index (χ4n) is 3.04. The first-order valence-corrected chi connectivity index (χ1v) is 8.22. The van der Waals surface area contributed by atoms with Gasteiger partial charge >= 0.3 is 0 Å². The van der Waals surface area contributed by atoms with Gasteiger partial charge in [-0.3, -0.25) is 14.5 Å². The fourth-order valence-corrected chi connectivity index (χ4v) is 3.04. The molecule has 2 amide bonds. The van der Waals surface area contributed by atoms with Gasteiger partial charge in [-0.1, -0.05) is 12.8 Å². The molecule has 0 aliphatic carbocycles. The van der Waals surface area contributed by atoms with Gasteiger partial charge in [0.15, 0.2) is 0 Å². The summed E-state index contributed by atoms with van der Waals surface area (Å²) in [5.74, 6) is 0.317. The maximum absolute atomic E-state index is 12.5. The molecule has 6 heteroatoms. The Morgan fingerprint density at radius 3 is 2.62 bits per heavy atom. The van der Waals surface area contributed by atoms with Gasteiger partial charge in [-0.2, -0.15) is 0 Å². The van der Waals surface area contributed by atoms with Crippen molar-refractivity contribution in [3.8, 4) is 0 Å². The zero-order chi connectivity index (χ0) is 15.1. The molecule has 2 rings (SSSR count). The first kappa shape index (κ1) is 16.2. The number of piperazine rings is 1. The summed E-state index contributed by atoms with van der Waals surface area (Å²) in [5, 5.41) is 6.18. The highest BCUT2D eigenvalue weighted by Gasteiger charge is 2.28. The molecule has 2 saturated heterocycles. The van der Waals surface area contributed by atoms with Crippen molar-refractivity contribution < 1.29 is 9.59 Å². The Balaban J connectivity index is 1.74. The third-order valence-corrected chi connectivity index (χ3v) is 4.28. The summed E-state index contributed by atoms with van der Waals surface area (Å²) in [5.41, 5.74) is 0. The van der Waals surface area contributed by atoms with E-state index in [1.54, 1.807) is 0 Å². The van der Waals surface area contributed by atoms with Crippen LogP contribution in [0.25, 0.3) is 0 Å². The minimum absolute atomic E-state index is 0.00226.